The van der Waals surface area contributed by atoms with Crippen molar-refractivity contribution in [2.24, 2.45) is 17.9 Å². The number of anilines is 1. The number of benzene rings is 1. The van der Waals surface area contributed by atoms with Crippen molar-refractivity contribution in [2.45, 2.75) is 0 Å². The van der Waals surface area contributed by atoms with Crippen LogP contribution in [0.15, 0.2) is 41.9 Å². The largest absolute Gasteiger partial charge is 0.409 e. The fourth-order valence-electron chi connectivity index (χ4n) is 1.51. The molecule has 0 atom stereocenters. The molecular weight excluding hydrogens is 246 g/mol. The van der Waals surface area contributed by atoms with Gasteiger partial charge in [0.05, 0.1) is 6.33 Å². The maximum Gasteiger partial charge on any atom is 0.275 e. The number of aryl methyl sites for hydroxylation is 1. The number of rotatable bonds is 3. The smallest absolute Gasteiger partial charge is 0.275 e. The van der Waals surface area contributed by atoms with Crippen molar-refractivity contribution in [3.63, 3.8) is 0 Å². The van der Waals surface area contributed by atoms with E-state index in [9.17, 15) is 4.79 Å². The Balaban J connectivity index is 2.10. The first-order valence-corrected chi connectivity index (χ1v) is 5.47. The summed E-state index contributed by atoms with van der Waals surface area (Å²) in [6, 6.07) is 6.61. The van der Waals surface area contributed by atoms with Crippen LogP contribution in [0.4, 0.5) is 5.69 Å². The average Bonchev–Trinajstić information content (AvgIpc) is 2.85. The average molecular weight is 259 g/mol. The minimum Gasteiger partial charge on any atom is -0.409 e. The van der Waals surface area contributed by atoms with E-state index in [0.29, 0.717) is 16.9 Å². The van der Waals surface area contributed by atoms with Crippen LogP contribution in [0.25, 0.3) is 0 Å². The van der Waals surface area contributed by atoms with Gasteiger partial charge < -0.3 is 20.8 Å². The zero-order chi connectivity index (χ0) is 13.8. The van der Waals surface area contributed by atoms with Gasteiger partial charge in [0.2, 0.25) is 0 Å². The third kappa shape index (κ3) is 2.89. The quantitative estimate of drug-likeness (QED) is 0.327. The first kappa shape index (κ1) is 12.6. The second kappa shape index (κ2) is 5.21. The van der Waals surface area contributed by atoms with Crippen molar-refractivity contribution in [1.82, 2.24) is 9.55 Å². The Bertz CT molecular complexity index is 615. The van der Waals surface area contributed by atoms with E-state index in [2.05, 4.69) is 15.5 Å². The lowest BCUT2D eigenvalue weighted by molar-refractivity contribution is 0.102. The lowest BCUT2D eigenvalue weighted by Gasteiger charge is -2.04. The summed E-state index contributed by atoms with van der Waals surface area (Å²) in [5.74, 6) is -0.278. The molecule has 1 heterocycles. The number of imidazole rings is 1. The zero-order valence-corrected chi connectivity index (χ0v) is 10.2. The van der Waals surface area contributed by atoms with Crippen LogP contribution in [0.5, 0.6) is 0 Å². The van der Waals surface area contributed by atoms with Gasteiger partial charge in [-0.25, -0.2) is 4.98 Å². The van der Waals surface area contributed by atoms with E-state index in [-0.39, 0.29) is 11.7 Å². The molecule has 19 heavy (non-hydrogen) atoms. The highest BCUT2D eigenvalue weighted by Gasteiger charge is 2.09. The van der Waals surface area contributed by atoms with Gasteiger partial charge in [-0.05, 0) is 24.3 Å². The predicted molar refractivity (Wildman–Crippen MR) is 70.1 cm³/mol. The molecule has 1 amide bonds. The number of nitrogens with zero attached hydrogens (tertiary/aromatic N) is 3. The number of nitrogens with one attached hydrogen (secondary N) is 1. The van der Waals surface area contributed by atoms with Crippen LogP contribution < -0.4 is 11.1 Å². The van der Waals surface area contributed by atoms with Crippen LogP contribution in [0.2, 0.25) is 0 Å². The van der Waals surface area contributed by atoms with Crippen molar-refractivity contribution in [1.29, 1.82) is 0 Å². The van der Waals surface area contributed by atoms with Gasteiger partial charge in [-0.3, -0.25) is 4.79 Å². The molecule has 0 spiro atoms. The molecule has 0 saturated carbocycles. The van der Waals surface area contributed by atoms with E-state index in [1.54, 1.807) is 48.4 Å². The van der Waals surface area contributed by atoms with Crippen molar-refractivity contribution in [2.75, 3.05) is 5.32 Å². The summed E-state index contributed by atoms with van der Waals surface area (Å²) in [6.07, 6.45) is 3.18. The van der Waals surface area contributed by atoms with Crippen LogP contribution in [0.3, 0.4) is 0 Å². The van der Waals surface area contributed by atoms with Crippen LogP contribution in [-0.4, -0.2) is 26.5 Å². The highest BCUT2D eigenvalue weighted by Crippen LogP contribution is 2.10. The summed E-state index contributed by atoms with van der Waals surface area (Å²) in [5.41, 5.74) is 6.95. The molecule has 4 N–H and O–H groups in total. The molecule has 0 saturated heterocycles. The maximum absolute atomic E-state index is 11.8. The van der Waals surface area contributed by atoms with Crippen LogP contribution >= 0.6 is 0 Å². The summed E-state index contributed by atoms with van der Waals surface area (Å²) >= 11 is 0. The molecule has 1 aromatic heterocycles. The monoisotopic (exact) mass is 259 g/mol. The molecule has 7 heteroatoms. The standard InChI is InChI=1S/C12H13N5O2/c1-17-6-10(14-7-17)12(18)15-9-4-2-8(3-5-9)11(13)16-19/h2-7,19H,1H3,(H2,13,16)(H,15,18). The molecule has 0 fully saturated rings. The Morgan fingerprint density at radius 1 is 1.42 bits per heavy atom. The number of nitrogens with two attached hydrogens (primary N) is 1. The fraction of sp³-hybridized carbons (Fsp3) is 0.0833. The third-order valence-electron chi connectivity index (χ3n) is 2.48. The van der Waals surface area contributed by atoms with Gasteiger partial charge in [0.15, 0.2) is 5.84 Å². The number of hydrogen-bond acceptors (Lipinski definition) is 4. The van der Waals surface area contributed by atoms with Crippen molar-refractivity contribution in [3.8, 4) is 0 Å². The number of carbonyl (C=O) groups is 1. The summed E-state index contributed by atoms with van der Waals surface area (Å²) in [6.45, 7) is 0. The normalized spacial score (nSPS) is 11.3. The molecular formula is C12H13N5O2. The van der Waals surface area contributed by atoms with E-state index >= 15 is 0 Å². The van der Waals surface area contributed by atoms with Crippen LogP contribution in [0.1, 0.15) is 16.1 Å². The molecule has 0 bridgehead atoms. The van der Waals surface area contributed by atoms with E-state index in [1.165, 1.54) is 0 Å². The maximum atomic E-state index is 11.8. The van der Waals surface area contributed by atoms with E-state index in [1.807, 2.05) is 0 Å². The Labute approximate surface area is 109 Å². The minimum atomic E-state index is -0.294. The number of amidine groups is 1. The fourth-order valence-corrected chi connectivity index (χ4v) is 1.51. The first-order chi connectivity index (χ1) is 9.10. The van der Waals surface area contributed by atoms with Gasteiger partial charge in [0.25, 0.3) is 5.91 Å². The molecule has 0 unspecified atom stereocenters. The first-order valence-electron chi connectivity index (χ1n) is 5.47. The molecule has 0 aliphatic carbocycles. The number of amides is 1. The van der Waals surface area contributed by atoms with Crippen molar-refractivity contribution in [3.05, 3.63) is 48.0 Å². The lowest BCUT2D eigenvalue weighted by Crippen LogP contribution is -2.14. The van der Waals surface area contributed by atoms with E-state index < -0.39 is 0 Å². The number of oxime groups is 1. The molecule has 98 valence electrons. The molecule has 0 aliphatic heterocycles. The van der Waals surface area contributed by atoms with Crippen molar-refractivity contribution >= 4 is 17.4 Å². The topological polar surface area (TPSA) is 106 Å². The van der Waals surface area contributed by atoms with Crippen LogP contribution in [0, 0.1) is 0 Å². The highest BCUT2D eigenvalue weighted by atomic mass is 16.4. The van der Waals surface area contributed by atoms with Crippen molar-refractivity contribution < 1.29 is 10.0 Å². The Morgan fingerprint density at radius 2 is 2.11 bits per heavy atom. The third-order valence-corrected chi connectivity index (χ3v) is 2.48. The van der Waals surface area contributed by atoms with Gasteiger partial charge in [-0.15, -0.1) is 0 Å². The number of aromatic nitrogens is 2. The van der Waals surface area contributed by atoms with Gasteiger partial charge in [0.1, 0.15) is 5.69 Å². The lowest BCUT2D eigenvalue weighted by atomic mass is 10.2. The van der Waals surface area contributed by atoms with Gasteiger partial charge >= 0.3 is 0 Å². The zero-order valence-electron chi connectivity index (χ0n) is 10.2. The SMILES string of the molecule is Cn1cnc(C(=O)Nc2ccc(/C(N)=N/O)cc2)c1. The molecule has 1 aromatic carbocycles. The van der Waals surface area contributed by atoms with E-state index in [4.69, 9.17) is 10.9 Å². The molecule has 0 aliphatic rings. The van der Waals surface area contributed by atoms with E-state index in [0.717, 1.165) is 0 Å². The Morgan fingerprint density at radius 3 is 2.63 bits per heavy atom. The molecule has 7 nitrogen and oxygen atoms in total. The molecule has 2 rings (SSSR count). The van der Waals surface area contributed by atoms with Gasteiger partial charge in [-0.2, -0.15) is 0 Å². The minimum absolute atomic E-state index is 0.0163. The van der Waals surface area contributed by atoms with Crippen LogP contribution in [-0.2, 0) is 7.05 Å². The summed E-state index contributed by atoms with van der Waals surface area (Å²) in [7, 11) is 1.79. The number of hydrogen-bond donors (Lipinski definition) is 3. The summed E-state index contributed by atoms with van der Waals surface area (Å²) in [5, 5.41) is 14.1. The highest BCUT2D eigenvalue weighted by molar-refractivity contribution is 6.03. The summed E-state index contributed by atoms with van der Waals surface area (Å²) < 4.78 is 1.69. The number of carbonyl (C=O) groups excluding carboxylic acids is 1. The second-order valence-electron chi connectivity index (χ2n) is 3.94. The molecule has 2 aromatic rings. The second-order valence-corrected chi connectivity index (χ2v) is 3.94. The summed E-state index contributed by atoms with van der Waals surface area (Å²) in [4.78, 5) is 15.8. The Kier molecular flexibility index (Phi) is 3.46. The Hall–Kier alpha value is -2.83. The predicted octanol–water partition coefficient (Wildman–Crippen LogP) is 0.767. The van der Waals surface area contributed by atoms with Gasteiger partial charge in [-0.1, -0.05) is 5.16 Å². The molecule has 0 radical (unpaired) electrons. The van der Waals surface area contributed by atoms with Gasteiger partial charge in [0, 0.05) is 24.5 Å².